The van der Waals surface area contributed by atoms with E-state index >= 15 is 0 Å². The van der Waals surface area contributed by atoms with Gasteiger partial charge in [-0.25, -0.2) is 4.39 Å². The van der Waals surface area contributed by atoms with E-state index in [1.165, 1.54) is 12.1 Å². The second kappa shape index (κ2) is 7.61. The van der Waals surface area contributed by atoms with Crippen molar-refractivity contribution in [2.45, 2.75) is 26.1 Å². The van der Waals surface area contributed by atoms with Gasteiger partial charge in [0.1, 0.15) is 5.82 Å². The Morgan fingerprint density at radius 1 is 1.33 bits per heavy atom. The molecule has 98 valence electrons. The zero-order valence-electron chi connectivity index (χ0n) is 10.9. The molecule has 0 heterocycles. The molecule has 1 aromatic rings. The van der Waals surface area contributed by atoms with Crippen molar-refractivity contribution in [1.29, 1.82) is 0 Å². The van der Waals surface area contributed by atoms with Crippen LogP contribution in [-0.2, 0) is 0 Å². The Morgan fingerprint density at radius 2 is 2.00 bits per heavy atom. The first-order valence-electron chi connectivity index (χ1n) is 6.01. The van der Waals surface area contributed by atoms with Gasteiger partial charge in [0.05, 0.1) is 6.17 Å². The van der Waals surface area contributed by atoms with E-state index in [0.29, 0.717) is 6.54 Å². The molecule has 0 saturated carbocycles. The minimum atomic E-state index is -0.215. The highest BCUT2D eigenvalue weighted by atomic mass is 19.1. The van der Waals surface area contributed by atoms with Gasteiger partial charge >= 0.3 is 0 Å². The van der Waals surface area contributed by atoms with Crippen LogP contribution in [-0.4, -0.2) is 18.9 Å². The van der Waals surface area contributed by atoms with Gasteiger partial charge in [0.25, 0.3) is 0 Å². The first-order valence-corrected chi connectivity index (χ1v) is 6.01. The van der Waals surface area contributed by atoms with Gasteiger partial charge in [-0.05, 0) is 37.7 Å². The predicted molar refractivity (Wildman–Crippen MR) is 74.1 cm³/mol. The lowest BCUT2D eigenvalue weighted by Crippen LogP contribution is -2.27. The smallest absolute Gasteiger partial charge is 0.123 e. The molecule has 2 atom stereocenters. The molecule has 1 aromatic carbocycles. The lowest BCUT2D eigenvalue weighted by Gasteiger charge is -2.17. The quantitative estimate of drug-likeness (QED) is 0.575. The first kappa shape index (κ1) is 14.4. The maximum atomic E-state index is 12.8. The molecule has 0 bridgehead atoms. The van der Waals surface area contributed by atoms with Crippen LogP contribution >= 0.6 is 0 Å². The molecule has 3 nitrogen and oxygen atoms in total. The van der Waals surface area contributed by atoms with Crippen molar-refractivity contribution < 1.29 is 4.39 Å². The summed E-state index contributed by atoms with van der Waals surface area (Å²) in [5, 5.41) is 6.26. The van der Waals surface area contributed by atoms with Crippen LogP contribution in [0.15, 0.2) is 42.0 Å². The summed E-state index contributed by atoms with van der Waals surface area (Å²) in [6.45, 7) is 8.23. The van der Waals surface area contributed by atoms with Gasteiger partial charge in [-0.15, -0.1) is 0 Å². The molecule has 0 radical (unpaired) electrons. The van der Waals surface area contributed by atoms with Gasteiger partial charge in [0.2, 0.25) is 0 Å². The Hall–Kier alpha value is -1.68. The summed E-state index contributed by atoms with van der Waals surface area (Å²) in [6.07, 6.45) is 3.44. The van der Waals surface area contributed by atoms with E-state index in [9.17, 15) is 4.39 Å². The molecule has 0 amide bonds. The van der Waals surface area contributed by atoms with Crippen LogP contribution in [0.2, 0.25) is 0 Å². The van der Waals surface area contributed by atoms with Crippen LogP contribution in [0.1, 0.15) is 25.5 Å². The Labute approximate surface area is 108 Å². The average Bonchev–Trinajstić information content (AvgIpc) is 2.35. The largest absolute Gasteiger partial charge is 0.386 e. The number of hydrogen-bond acceptors (Lipinski definition) is 3. The van der Waals surface area contributed by atoms with E-state index in [2.05, 4.69) is 22.2 Å². The van der Waals surface area contributed by atoms with Gasteiger partial charge in [-0.2, -0.15) is 0 Å². The highest BCUT2D eigenvalue weighted by Crippen LogP contribution is 2.13. The second-order valence-electron chi connectivity index (χ2n) is 4.06. The number of benzene rings is 1. The number of nitrogens with one attached hydrogen (secondary N) is 2. The summed E-state index contributed by atoms with van der Waals surface area (Å²) in [5.41, 5.74) is 1.04. The first-order chi connectivity index (χ1) is 8.63. The molecule has 0 aliphatic carbocycles. The fraction of sp³-hybridized carbons (Fsp3) is 0.357. The molecule has 2 N–H and O–H groups in total. The summed E-state index contributed by atoms with van der Waals surface area (Å²) in [6, 6.07) is 6.63. The van der Waals surface area contributed by atoms with E-state index < -0.39 is 0 Å². The summed E-state index contributed by atoms with van der Waals surface area (Å²) < 4.78 is 12.8. The molecule has 0 saturated heterocycles. The Bertz CT molecular complexity index is 387. The van der Waals surface area contributed by atoms with Gasteiger partial charge in [0.15, 0.2) is 0 Å². The Balaban J connectivity index is 2.43. The highest BCUT2D eigenvalue weighted by Gasteiger charge is 2.07. The summed E-state index contributed by atoms with van der Waals surface area (Å²) >= 11 is 0. The topological polar surface area (TPSA) is 36.4 Å². The van der Waals surface area contributed by atoms with E-state index in [-0.39, 0.29) is 18.0 Å². The highest BCUT2D eigenvalue weighted by molar-refractivity contribution is 5.59. The molecule has 4 heteroatoms. The third kappa shape index (κ3) is 5.10. The predicted octanol–water partition coefficient (Wildman–Crippen LogP) is 2.63. The van der Waals surface area contributed by atoms with Gasteiger partial charge < -0.3 is 5.32 Å². The van der Waals surface area contributed by atoms with Crippen molar-refractivity contribution in [2.75, 3.05) is 6.54 Å². The molecule has 1 rings (SSSR count). The molecule has 0 spiro atoms. The SMILES string of the molecule is C=CNCC=NC(C)NC(C)c1ccc(F)cc1. The van der Waals surface area contributed by atoms with Gasteiger partial charge in [-0.3, -0.25) is 10.3 Å². The van der Waals surface area contributed by atoms with Crippen LogP contribution in [0.4, 0.5) is 4.39 Å². The van der Waals surface area contributed by atoms with Crippen molar-refractivity contribution in [1.82, 2.24) is 10.6 Å². The number of nitrogens with zero attached hydrogens (tertiary/aromatic N) is 1. The van der Waals surface area contributed by atoms with E-state index in [0.717, 1.165) is 5.56 Å². The third-order valence-corrected chi connectivity index (χ3v) is 2.54. The van der Waals surface area contributed by atoms with E-state index in [1.54, 1.807) is 24.5 Å². The standard InChI is InChI=1S/C14H20FN3/c1-4-16-9-10-17-12(3)18-11(2)13-5-7-14(15)8-6-13/h4-8,10-12,16,18H,1,9H2,2-3H3. The molecule has 0 aliphatic rings. The van der Waals surface area contributed by atoms with Crippen LogP contribution < -0.4 is 10.6 Å². The second-order valence-corrected chi connectivity index (χ2v) is 4.06. The molecule has 2 unspecified atom stereocenters. The average molecular weight is 249 g/mol. The fourth-order valence-corrected chi connectivity index (χ4v) is 1.60. The molecular formula is C14H20FN3. The van der Waals surface area contributed by atoms with Crippen LogP contribution in [0, 0.1) is 5.82 Å². The lowest BCUT2D eigenvalue weighted by molar-refractivity contribution is 0.493. The van der Waals surface area contributed by atoms with E-state index in [4.69, 9.17) is 0 Å². The maximum absolute atomic E-state index is 12.8. The molecule has 0 aliphatic heterocycles. The lowest BCUT2D eigenvalue weighted by atomic mass is 10.1. The summed E-state index contributed by atoms with van der Waals surface area (Å²) in [7, 11) is 0. The number of hydrogen-bond donors (Lipinski definition) is 2. The van der Waals surface area contributed by atoms with Crippen molar-refractivity contribution in [3.8, 4) is 0 Å². The van der Waals surface area contributed by atoms with E-state index in [1.807, 2.05) is 13.8 Å². The third-order valence-electron chi connectivity index (χ3n) is 2.54. The van der Waals surface area contributed by atoms with Crippen molar-refractivity contribution in [3.63, 3.8) is 0 Å². The Morgan fingerprint density at radius 3 is 2.61 bits per heavy atom. The maximum Gasteiger partial charge on any atom is 0.123 e. The normalized spacial score (nSPS) is 14.4. The van der Waals surface area contributed by atoms with Crippen molar-refractivity contribution in [3.05, 3.63) is 48.4 Å². The van der Waals surface area contributed by atoms with Crippen LogP contribution in [0.25, 0.3) is 0 Å². The summed E-state index contributed by atoms with van der Waals surface area (Å²) in [4.78, 5) is 4.32. The van der Waals surface area contributed by atoms with Crippen LogP contribution in [0.5, 0.6) is 0 Å². The molecule has 0 aromatic heterocycles. The minimum Gasteiger partial charge on any atom is -0.386 e. The van der Waals surface area contributed by atoms with Crippen molar-refractivity contribution in [2.24, 2.45) is 4.99 Å². The Kier molecular flexibility index (Phi) is 6.08. The molecule has 18 heavy (non-hydrogen) atoms. The van der Waals surface area contributed by atoms with Crippen molar-refractivity contribution >= 4 is 6.21 Å². The zero-order chi connectivity index (χ0) is 13.4. The molecular weight excluding hydrogens is 229 g/mol. The molecule has 0 fully saturated rings. The zero-order valence-corrected chi connectivity index (χ0v) is 10.9. The summed E-state index contributed by atoms with van der Waals surface area (Å²) in [5.74, 6) is -0.215. The fourth-order valence-electron chi connectivity index (χ4n) is 1.60. The monoisotopic (exact) mass is 249 g/mol. The minimum absolute atomic E-state index is 0.0108. The van der Waals surface area contributed by atoms with Gasteiger partial charge in [0, 0.05) is 18.8 Å². The number of aliphatic imine (C=N–C) groups is 1. The van der Waals surface area contributed by atoms with Crippen LogP contribution in [0.3, 0.4) is 0 Å². The number of rotatable bonds is 7. The van der Waals surface area contributed by atoms with Gasteiger partial charge in [-0.1, -0.05) is 18.7 Å². The number of halogens is 1.